The molecule has 3 rings (SSSR count). The summed E-state index contributed by atoms with van der Waals surface area (Å²) in [5.74, 6) is 0. The maximum absolute atomic E-state index is 12.1. The van der Waals surface area contributed by atoms with Gasteiger partial charge in [-0.15, -0.1) is 5.10 Å². The maximum atomic E-state index is 12.1. The van der Waals surface area contributed by atoms with E-state index in [9.17, 15) is 4.79 Å². The zero-order valence-electron chi connectivity index (χ0n) is 11.9. The molecular formula is C13H18N6OS. The van der Waals surface area contributed by atoms with Gasteiger partial charge in [-0.3, -0.25) is 10.4 Å². The molecule has 8 heteroatoms. The Labute approximate surface area is 126 Å². The lowest BCUT2D eigenvalue weighted by atomic mass is 10.1. The van der Waals surface area contributed by atoms with Crippen LogP contribution in [0.1, 0.15) is 36.2 Å². The highest BCUT2D eigenvalue weighted by Gasteiger charge is 2.18. The zero-order chi connectivity index (χ0) is 14.7. The van der Waals surface area contributed by atoms with Crippen LogP contribution in [0, 0.1) is 0 Å². The van der Waals surface area contributed by atoms with E-state index in [2.05, 4.69) is 25.1 Å². The number of nitrogens with zero attached hydrogens (tertiary/aromatic N) is 4. The molecule has 112 valence electrons. The van der Waals surface area contributed by atoms with Gasteiger partial charge in [0.25, 0.3) is 0 Å². The van der Waals surface area contributed by atoms with Crippen LogP contribution in [0.2, 0.25) is 0 Å². The average Bonchev–Trinajstić information content (AvgIpc) is 3.04. The van der Waals surface area contributed by atoms with E-state index in [-0.39, 0.29) is 6.03 Å². The Balaban J connectivity index is 1.66. The number of amides is 2. The third kappa shape index (κ3) is 3.21. The summed E-state index contributed by atoms with van der Waals surface area (Å²) >= 11 is 1.16. The van der Waals surface area contributed by atoms with Gasteiger partial charge in [0.05, 0.1) is 18.4 Å². The molecule has 2 N–H and O–H groups in total. The fourth-order valence-corrected chi connectivity index (χ4v) is 2.99. The second-order valence-electron chi connectivity index (χ2n) is 5.26. The molecule has 2 amide bonds. The smallest absolute Gasteiger partial charge is 0.322 e. The van der Waals surface area contributed by atoms with Crippen LogP contribution in [-0.2, 0) is 19.4 Å². The van der Waals surface area contributed by atoms with E-state index >= 15 is 0 Å². The lowest BCUT2D eigenvalue weighted by molar-refractivity contribution is 0.220. The summed E-state index contributed by atoms with van der Waals surface area (Å²) in [4.78, 5) is 13.7. The van der Waals surface area contributed by atoms with Gasteiger partial charge in [0.2, 0.25) is 0 Å². The van der Waals surface area contributed by atoms with Crippen LogP contribution >= 0.6 is 11.5 Å². The lowest BCUT2D eigenvalue weighted by Crippen LogP contribution is -2.31. The number of aromatic nitrogens is 4. The standard InChI is InChI=1S/C13H18N6OS/c1-19(13(20)15-12-7-14-18-21-12)8-11-9-5-3-2-4-6-10(9)16-17-11/h7H,2-6,8H2,1H3,(H,15,20)(H,16,17). The summed E-state index contributed by atoms with van der Waals surface area (Å²) in [6.07, 6.45) is 7.32. The van der Waals surface area contributed by atoms with Crippen LogP contribution in [0.15, 0.2) is 6.20 Å². The molecular weight excluding hydrogens is 288 g/mol. The molecule has 7 nitrogen and oxygen atoms in total. The maximum Gasteiger partial charge on any atom is 0.322 e. The Hall–Kier alpha value is -1.96. The number of hydrogen-bond donors (Lipinski definition) is 2. The first kappa shape index (κ1) is 14.0. The number of anilines is 1. The molecule has 0 bridgehead atoms. The number of rotatable bonds is 3. The summed E-state index contributed by atoms with van der Waals surface area (Å²) in [5, 5.41) is 14.6. The number of carbonyl (C=O) groups is 1. The molecule has 1 aliphatic rings. The van der Waals surface area contributed by atoms with E-state index in [1.54, 1.807) is 11.9 Å². The van der Waals surface area contributed by atoms with Gasteiger partial charge in [-0.05, 0) is 31.2 Å². The molecule has 21 heavy (non-hydrogen) atoms. The van der Waals surface area contributed by atoms with Gasteiger partial charge in [-0.25, -0.2) is 4.79 Å². The SMILES string of the molecule is CN(Cc1n[nH]c2c1CCCCC2)C(=O)Nc1cnns1. The van der Waals surface area contributed by atoms with Crippen molar-refractivity contribution in [2.24, 2.45) is 0 Å². The van der Waals surface area contributed by atoms with E-state index in [1.165, 1.54) is 36.7 Å². The minimum Gasteiger partial charge on any atom is -0.322 e. The molecule has 0 fully saturated rings. The highest BCUT2D eigenvalue weighted by molar-refractivity contribution is 7.10. The van der Waals surface area contributed by atoms with Gasteiger partial charge in [0.1, 0.15) is 5.00 Å². The van der Waals surface area contributed by atoms with Crippen molar-refractivity contribution >= 4 is 22.6 Å². The van der Waals surface area contributed by atoms with Crippen LogP contribution in [0.5, 0.6) is 0 Å². The topological polar surface area (TPSA) is 86.8 Å². The highest BCUT2D eigenvalue weighted by Crippen LogP contribution is 2.22. The number of urea groups is 1. The Kier molecular flexibility index (Phi) is 4.14. The Bertz CT molecular complexity index is 608. The number of aromatic amines is 1. The number of H-pyrrole nitrogens is 1. The quantitative estimate of drug-likeness (QED) is 0.851. The van der Waals surface area contributed by atoms with Crippen molar-refractivity contribution in [1.82, 2.24) is 24.7 Å². The van der Waals surface area contributed by atoms with Crippen LogP contribution < -0.4 is 5.32 Å². The first-order valence-electron chi connectivity index (χ1n) is 7.08. The molecule has 2 aromatic rings. The molecule has 0 saturated carbocycles. The van der Waals surface area contributed by atoms with Crippen molar-refractivity contribution < 1.29 is 4.79 Å². The highest BCUT2D eigenvalue weighted by atomic mass is 32.1. The molecule has 0 radical (unpaired) electrons. The third-order valence-electron chi connectivity index (χ3n) is 3.72. The number of hydrogen-bond acceptors (Lipinski definition) is 5. The minimum absolute atomic E-state index is 0.175. The molecule has 2 aromatic heterocycles. The Morgan fingerprint density at radius 2 is 2.29 bits per heavy atom. The second kappa shape index (κ2) is 6.21. The molecule has 0 aromatic carbocycles. The number of fused-ring (bicyclic) bond motifs is 1. The van der Waals surface area contributed by atoms with Crippen molar-refractivity contribution in [3.05, 3.63) is 23.1 Å². The van der Waals surface area contributed by atoms with E-state index in [0.29, 0.717) is 11.5 Å². The van der Waals surface area contributed by atoms with Crippen LogP contribution in [0.3, 0.4) is 0 Å². The van der Waals surface area contributed by atoms with Crippen molar-refractivity contribution in [3.63, 3.8) is 0 Å². The molecule has 0 saturated heterocycles. The molecule has 1 aliphatic carbocycles. The van der Waals surface area contributed by atoms with Crippen LogP contribution in [0.4, 0.5) is 9.80 Å². The third-order valence-corrected chi connectivity index (χ3v) is 4.30. The molecule has 0 atom stereocenters. The first-order valence-corrected chi connectivity index (χ1v) is 7.86. The molecule has 0 unspecified atom stereocenters. The van der Waals surface area contributed by atoms with E-state index < -0.39 is 0 Å². The van der Waals surface area contributed by atoms with Gasteiger partial charge in [-0.1, -0.05) is 10.9 Å². The van der Waals surface area contributed by atoms with Crippen molar-refractivity contribution in [3.8, 4) is 0 Å². The summed E-state index contributed by atoms with van der Waals surface area (Å²) in [6.45, 7) is 0.504. The van der Waals surface area contributed by atoms with Gasteiger partial charge >= 0.3 is 6.03 Å². The minimum atomic E-state index is -0.175. The van der Waals surface area contributed by atoms with Crippen molar-refractivity contribution in [2.75, 3.05) is 12.4 Å². The second-order valence-corrected chi connectivity index (χ2v) is 6.04. The average molecular weight is 306 g/mol. The monoisotopic (exact) mass is 306 g/mol. The lowest BCUT2D eigenvalue weighted by Gasteiger charge is -2.16. The van der Waals surface area contributed by atoms with Gasteiger partial charge in [0, 0.05) is 24.3 Å². The first-order chi connectivity index (χ1) is 10.2. The molecule has 0 spiro atoms. The van der Waals surface area contributed by atoms with Gasteiger partial charge < -0.3 is 4.90 Å². The number of carbonyl (C=O) groups excluding carboxylic acids is 1. The predicted molar refractivity (Wildman–Crippen MR) is 80.2 cm³/mol. The predicted octanol–water partition coefficient (Wildman–Crippen LogP) is 2.19. The van der Waals surface area contributed by atoms with Crippen LogP contribution in [0.25, 0.3) is 0 Å². The zero-order valence-corrected chi connectivity index (χ0v) is 12.7. The van der Waals surface area contributed by atoms with E-state index in [4.69, 9.17) is 0 Å². The Morgan fingerprint density at radius 1 is 1.43 bits per heavy atom. The Morgan fingerprint density at radius 3 is 3.10 bits per heavy atom. The fraction of sp³-hybridized carbons (Fsp3) is 0.538. The molecule has 0 aliphatic heterocycles. The van der Waals surface area contributed by atoms with Gasteiger partial charge in [0.15, 0.2) is 0 Å². The normalized spacial score (nSPS) is 14.3. The van der Waals surface area contributed by atoms with Gasteiger partial charge in [-0.2, -0.15) is 5.10 Å². The number of aryl methyl sites for hydroxylation is 1. The summed E-state index contributed by atoms with van der Waals surface area (Å²) in [6, 6.07) is -0.175. The number of nitrogens with one attached hydrogen (secondary N) is 2. The summed E-state index contributed by atoms with van der Waals surface area (Å²) in [5.41, 5.74) is 3.52. The van der Waals surface area contributed by atoms with E-state index in [1.807, 2.05) is 0 Å². The van der Waals surface area contributed by atoms with Crippen LogP contribution in [-0.4, -0.2) is 37.8 Å². The van der Waals surface area contributed by atoms with E-state index in [0.717, 1.165) is 30.1 Å². The molecule has 2 heterocycles. The fourth-order valence-electron chi connectivity index (χ4n) is 2.58. The van der Waals surface area contributed by atoms with Crippen molar-refractivity contribution in [1.29, 1.82) is 0 Å². The van der Waals surface area contributed by atoms with Crippen molar-refractivity contribution in [2.45, 2.75) is 38.6 Å². The largest absolute Gasteiger partial charge is 0.322 e. The summed E-state index contributed by atoms with van der Waals surface area (Å²) in [7, 11) is 1.77. The summed E-state index contributed by atoms with van der Waals surface area (Å²) < 4.78 is 3.72.